The number of carbonyl (C=O) groups is 3. The highest BCUT2D eigenvalue weighted by Gasteiger charge is 2.42. The molecule has 0 spiro atoms. The molecule has 0 aliphatic heterocycles. The van der Waals surface area contributed by atoms with Gasteiger partial charge in [-0.25, -0.2) is 13.1 Å². The highest BCUT2D eigenvalue weighted by molar-refractivity contribution is 7.90. The van der Waals surface area contributed by atoms with Gasteiger partial charge >= 0.3 is 0 Å². The fourth-order valence-corrected chi connectivity index (χ4v) is 6.88. The number of fused-ring (bicyclic) bond motifs is 1. The third-order valence-corrected chi connectivity index (χ3v) is 10.1. The molecule has 3 aromatic rings. The minimum atomic E-state index is -4.09. The van der Waals surface area contributed by atoms with Crippen molar-refractivity contribution in [3.8, 4) is 0 Å². The fourth-order valence-electron chi connectivity index (χ4n) is 5.87. The summed E-state index contributed by atoms with van der Waals surface area (Å²) in [7, 11) is -0.726. The van der Waals surface area contributed by atoms with Crippen molar-refractivity contribution in [2.45, 2.75) is 90.7 Å². The molecule has 11 heteroatoms. The van der Waals surface area contributed by atoms with Crippen LogP contribution < -0.4 is 15.4 Å². The molecule has 3 atom stereocenters. The van der Waals surface area contributed by atoms with E-state index in [1.54, 1.807) is 32.3 Å². The average molecular weight is 666 g/mol. The summed E-state index contributed by atoms with van der Waals surface area (Å²) in [6.45, 7) is 16.8. The minimum Gasteiger partial charge on any atom is -0.361 e. The molecule has 0 aliphatic rings. The number of likely N-dealkylation sites (N-methyl/N-ethyl adjacent to an activating group) is 2. The number of benzene rings is 2. The molecule has 0 radical (unpaired) electrons. The maximum atomic E-state index is 14.2. The van der Waals surface area contributed by atoms with Crippen molar-refractivity contribution in [2.24, 2.45) is 11.3 Å². The van der Waals surface area contributed by atoms with Gasteiger partial charge in [-0.2, -0.15) is 0 Å². The maximum Gasteiger partial charge on any atom is 0.264 e. The first kappa shape index (κ1) is 37.5. The number of hydrogen-bond donors (Lipinski definition) is 4. The van der Waals surface area contributed by atoms with Crippen LogP contribution in [-0.2, 0) is 29.8 Å². The third kappa shape index (κ3) is 8.50. The van der Waals surface area contributed by atoms with Crippen molar-refractivity contribution >= 4 is 38.6 Å². The normalized spacial score (nSPS) is 14.9. The Hall–Kier alpha value is -3.96. The van der Waals surface area contributed by atoms with Gasteiger partial charge in [0.2, 0.25) is 11.8 Å². The summed E-state index contributed by atoms with van der Waals surface area (Å²) in [6.07, 6.45) is 3.52. The van der Waals surface area contributed by atoms with Gasteiger partial charge in [0.15, 0.2) is 0 Å². The van der Waals surface area contributed by atoms with Crippen LogP contribution in [0.3, 0.4) is 0 Å². The van der Waals surface area contributed by atoms with Gasteiger partial charge in [-0.05, 0) is 56.0 Å². The molecule has 1 heterocycles. The first-order valence-electron chi connectivity index (χ1n) is 15.9. The molecule has 0 aliphatic carbocycles. The van der Waals surface area contributed by atoms with Crippen LogP contribution in [0.5, 0.6) is 0 Å². The summed E-state index contributed by atoms with van der Waals surface area (Å²) in [5.74, 6) is -1.57. The lowest BCUT2D eigenvalue weighted by Gasteiger charge is -2.39. The molecule has 1 aromatic heterocycles. The molecule has 10 nitrogen and oxygen atoms in total. The van der Waals surface area contributed by atoms with Crippen LogP contribution in [0.25, 0.3) is 10.9 Å². The van der Waals surface area contributed by atoms with E-state index in [1.165, 1.54) is 24.0 Å². The molecule has 0 saturated heterocycles. The van der Waals surface area contributed by atoms with Crippen LogP contribution in [0.2, 0.25) is 0 Å². The van der Waals surface area contributed by atoms with Crippen LogP contribution in [-0.4, -0.2) is 68.2 Å². The van der Waals surface area contributed by atoms with E-state index in [0.29, 0.717) is 0 Å². The second-order valence-electron chi connectivity index (χ2n) is 14.3. The number of aromatic nitrogens is 1. The van der Waals surface area contributed by atoms with Gasteiger partial charge in [0, 0.05) is 35.1 Å². The van der Waals surface area contributed by atoms with Crippen LogP contribution in [0.15, 0.2) is 71.3 Å². The standard InChI is InChI=1S/C36H51N5O5S/c1-22(2)29(20-24(4)32(42)40-47(45,46)25-18-16-23(3)17-19-25)41(11)34(44)31(35(5,6)7)39-33(43)30(37-10)36(8,9)27-21-38-28-15-13-12-14-26(27)28/h12-22,29-31,37-38H,1-11H3,(H,39,43)(H,40,42)/b24-20+/t29-,30-,31-/m1/s1. The van der Waals surface area contributed by atoms with Crippen LogP contribution in [0, 0.1) is 18.3 Å². The molecule has 47 heavy (non-hydrogen) atoms. The topological polar surface area (TPSA) is 140 Å². The quantitative estimate of drug-likeness (QED) is 0.205. The zero-order valence-corrected chi connectivity index (χ0v) is 30.3. The number of sulfonamides is 1. The van der Waals surface area contributed by atoms with E-state index in [1.807, 2.05) is 85.9 Å². The first-order valence-corrected chi connectivity index (χ1v) is 17.3. The second-order valence-corrected chi connectivity index (χ2v) is 16.0. The van der Waals surface area contributed by atoms with E-state index < -0.39 is 44.9 Å². The van der Waals surface area contributed by atoms with Crippen molar-refractivity contribution in [2.75, 3.05) is 14.1 Å². The molecule has 3 rings (SSSR count). The van der Waals surface area contributed by atoms with Crippen molar-refractivity contribution in [3.05, 3.63) is 77.5 Å². The smallest absolute Gasteiger partial charge is 0.264 e. The number of rotatable bonds is 12. The first-order chi connectivity index (χ1) is 21.7. The van der Waals surface area contributed by atoms with E-state index in [2.05, 4.69) is 20.3 Å². The number of H-pyrrole nitrogens is 1. The van der Waals surface area contributed by atoms with Crippen molar-refractivity contribution in [3.63, 3.8) is 0 Å². The number of carbonyl (C=O) groups excluding carboxylic acids is 3. The summed E-state index contributed by atoms with van der Waals surface area (Å²) in [6, 6.07) is 12.0. The Morgan fingerprint density at radius 2 is 1.53 bits per heavy atom. The molecule has 3 amide bonds. The molecular formula is C36H51N5O5S. The Kier molecular flexibility index (Phi) is 11.5. The van der Waals surface area contributed by atoms with E-state index in [4.69, 9.17) is 0 Å². The third-order valence-electron chi connectivity index (χ3n) is 8.77. The molecule has 0 fully saturated rings. The lowest BCUT2D eigenvalue weighted by Crippen LogP contribution is -2.61. The zero-order valence-electron chi connectivity index (χ0n) is 29.5. The Morgan fingerprint density at radius 3 is 2.09 bits per heavy atom. The van der Waals surface area contributed by atoms with Gasteiger partial charge in [0.05, 0.1) is 17.0 Å². The van der Waals surface area contributed by atoms with E-state index in [9.17, 15) is 22.8 Å². The van der Waals surface area contributed by atoms with Crippen molar-refractivity contribution < 1.29 is 22.8 Å². The molecule has 4 N–H and O–H groups in total. The highest BCUT2D eigenvalue weighted by atomic mass is 32.2. The molecule has 256 valence electrons. The Balaban J connectivity index is 1.86. The van der Waals surface area contributed by atoms with E-state index >= 15 is 0 Å². The summed E-state index contributed by atoms with van der Waals surface area (Å²) in [5.41, 5.74) is 1.67. The number of para-hydroxylation sites is 1. The lowest BCUT2D eigenvalue weighted by atomic mass is 9.76. The van der Waals surface area contributed by atoms with Crippen molar-refractivity contribution in [1.82, 2.24) is 25.2 Å². The molecule has 0 saturated carbocycles. The Bertz CT molecular complexity index is 1730. The summed E-state index contributed by atoms with van der Waals surface area (Å²) in [4.78, 5) is 46.0. The zero-order chi connectivity index (χ0) is 35.5. The number of nitrogens with one attached hydrogen (secondary N) is 4. The lowest BCUT2D eigenvalue weighted by molar-refractivity contribution is -0.140. The van der Waals surface area contributed by atoms with E-state index in [-0.39, 0.29) is 28.2 Å². The molecule has 0 unspecified atom stereocenters. The predicted octanol–water partition coefficient (Wildman–Crippen LogP) is 4.81. The van der Waals surface area contributed by atoms with Crippen LogP contribution in [0.4, 0.5) is 0 Å². The average Bonchev–Trinajstić information content (AvgIpc) is 3.42. The highest BCUT2D eigenvalue weighted by Crippen LogP contribution is 2.34. The van der Waals surface area contributed by atoms with Crippen molar-refractivity contribution in [1.29, 1.82) is 0 Å². The number of aryl methyl sites for hydroxylation is 1. The molecule has 0 bridgehead atoms. The maximum absolute atomic E-state index is 14.2. The molecule has 2 aromatic carbocycles. The Labute approximate surface area is 279 Å². The Morgan fingerprint density at radius 1 is 0.936 bits per heavy atom. The minimum absolute atomic E-state index is 0.0199. The van der Waals surface area contributed by atoms with E-state index in [0.717, 1.165) is 22.0 Å². The second kappa shape index (κ2) is 14.4. The largest absolute Gasteiger partial charge is 0.361 e. The number of aromatic amines is 1. The number of amides is 3. The summed E-state index contributed by atoms with van der Waals surface area (Å²) < 4.78 is 27.8. The van der Waals surface area contributed by atoms with Gasteiger partial charge < -0.3 is 20.5 Å². The molecular weight excluding hydrogens is 614 g/mol. The summed E-state index contributed by atoms with van der Waals surface area (Å²) in [5, 5.41) is 7.24. The fraction of sp³-hybridized carbons (Fsp3) is 0.472. The van der Waals surface area contributed by atoms with Gasteiger partial charge in [0.25, 0.3) is 15.9 Å². The van der Waals surface area contributed by atoms with Crippen LogP contribution >= 0.6 is 0 Å². The number of nitrogens with zero attached hydrogens (tertiary/aromatic N) is 1. The van der Waals surface area contributed by atoms with Gasteiger partial charge in [0.1, 0.15) is 6.04 Å². The van der Waals surface area contributed by atoms with Gasteiger partial charge in [-0.15, -0.1) is 0 Å². The van der Waals surface area contributed by atoms with Crippen LogP contribution in [0.1, 0.15) is 66.5 Å². The van der Waals surface area contributed by atoms with Gasteiger partial charge in [-0.1, -0.05) is 90.4 Å². The predicted molar refractivity (Wildman–Crippen MR) is 187 cm³/mol. The monoisotopic (exact) mass is 665 g/mol. The SMILES string of the molecule is CN[C@H](C(=O)N[C@H](C(=O)N(C)[C@H](/C=C(\C)C(=O)NS(=O)(=O)c1ccc(C)cc1)C(C)C)C(C)(C)C)C(C)(C)c1c[nH]c2ccccc12. The van der Waals surface area contributed by atoms with Gasteiger partial charge in [-0.3, -0.25) is 14.4 Å². The number of hydrogen-bond acceptors (Lipinski definition) is 6. The summed E-state index contributed by atoms with van der Waals surface area (Å²) >= 11 is 0.